The highest BCUT2D eigenvalue weighted by Gasteiger charge is 2.71. The average Bonchev–Trinajstić information content (AvgIpc) is 3.01. The Morgan fingerprint density at radius 3 is 2.68 bits per heavy atom. The summed E-state index contributed by atoms with van der Waals surface area (Å²) in [5.41, 5.74) is -1.37. The lowest BCUT2D eigenvalue weighted by molar-refractivity contribution is -0.181. The number of hydrogen-bond acceptors (Lipinski definition) is 5. The summed E-state index contributed by atoms with van der Waals surface area (Å²) >= 11 is 0. The molecule has 7 atom stereocenters. The maximum atomic E-state index is 13.8. The quantitative estimate of drug-likeness (QED) is 0.623. The number of Topliss-reactive ketones (excluding diaryl/α,β-unsaturated/α-hetero) is 3. The van der Waals surface area contributed by atoms with E-state index in [1.165, 1.54) is 0 Å². The summed E-state index contributed by atoms with van der Waals surface area (Å²) in [7, 11) is -0.335. The minimum absolute atomic E-state index is 0.0402. The third-order valence-corrected chi connectivity index (χ3v) is 10.3. The third-order valence-electron chi connectivity index (χ3n) is 10.3. The van der Waals surface area contributed by atoms with Crippen molar-refractivity contribution in [3.05, 3.63) is 0 Å². The first-order valence-electron chi connectivity index (χ1n) is 12.6. The van der Waals surface area contributed by atoms with Gasteiger partial charge in [0.2, 0.25) is 0 Å². The monoisotopic (exact) mass is 428 g/mol. The van der Waals surface area contributed by atoms with Gasteiger partial charge < -0.3 is 9.31 Å². The van der Waals surface area contributed by atoms with E-state index in [4.69, 9.17) is 9.31 Å². The Morgan fingerprint density at radius 2 is 1.90 bits per heavy atom. The summed E-state index contributed by atoms with van der Waals surface area (Å²) in [6.45, 7) is 6.70. The van der Waals surface area contributed by atoms with Gasteiger partial charge in [-0.3, -0.25) is 14.4 Å². The summed E-state index contributed by atoms with van der Waals surface area (Å²) in [6.07, 6.45) is 9.14. The summed E-state index contributed by atoms with van der Waals surface area (Å²) in [4.78, 5) is 39.2. The van der Waals surface area contributed by atoms with Crippen LogP contribution in [0.2, 0.25) is 6.32 Å². The van der Waals surface area contributed by atoms with Crippen molar-refractivity contribution < 1.29 is 23.7 Å². The van der Waals surface area contributed by atoms with E-state index < -0.39 is 11.0 Å². The summed E-state index contributed by atoms with van der Waals surface area (Å²) in [5.74, 6) is 1.76. The van der Waals surface area contributed by atoms with Crippen LogP contribution in [-0.2, 0) is 23.7 Å². The molecule has 6 heteroatoms. The Hall–Kier alpha value is -1.01. The van der Waals surface area contributed by atoms with Crippen molar-refractivity contribution >= 4 is 24.5 Å². The molecule has 7 unspecified atom stereocenters. The molecule has 0 aromatic heterocycles. The molecule has 1 spiro atoms. The molecule has 1 saturated heterocycles. The first-order valence-corrected chi connectivity index (χ1v) is 12.6. The van der Waals surface area contributed by atoms with E-state index in [1.807, 2.05) is 0 Å². The lowest BCUT2D eigenvalue weighted by Gasteiger charge is -2.60. The van der Waals surface area contributed by atoms with Crippen LogP contribution in [0.1, 0.15) is 85.0 Å². The molecule has 1 aliphatic heterocycles. The molecule has 1 heterocycles. The van der Waals surface area contributed by atoms with E-state index >= 15 is 0 Å². The van der Waals surface area contributed by atoms with Crippen molar-refractivity contribution in [1.82, 2.24) is 0 Å². The Labute approximate surface area is 186 Å². The van der Waals surface area contributed by atoms with Crippen LogP contribution in [0.25, 0.3) is 0 Å². The second kappa shape index (κ2) is 7.51. The van der Waals surface area contributed by atoms with Gasteiger partial charge in [-0.05, 0) is 61.6 Å². The van der Waals surface area contributed by atoms with Crippen molar-refractivity contribution in [3.8, 4) is 0 Å². The minimum atomic E-state index is -0.866. The van der Waals surface area contributed by atoms with Gasteiger partial charge in [-0.25, -0.2) is 0 Å². The first kappa shape index (κ1) is 21.8. The fourth-order valence-corrected chi connectivity index (χ4v) is 8.62. The predicted molar refractivity (Wildman–Crippen MR) is 117 cm³/mol. The van der Waals surface area contributed by atoms with Crippen molar-refractivity contribution in [2.45, 2.75) is 96.9 Å². The molecule has 5 rings (SSSR count). The lowest BCUT2D eigenvalue weighted by atomic mass is 9.44. The van der Waals surface area contributed by atoms with Crippen LogP contribution in [0.5, 0.6) is 0 Å². The number of rotatable bonds is 3. The maximum absolute atomic E-state index is 13.8. The molecule has 31 heavy (non-hydrogen) atoms. The van der Waals surface area contributed by atoms with Crippen LogP contribution in [-0.4, -0.2) is 36.7 Å². The molecule has 0 amide bonds. The van der Waals surface area contributed by atoms with Gasteiger partial charge in [0.1, 0.15) is 17.2 Å². The fraction of sp³-hybridized carbons (Fsp3) is 0.880. The van der Waals surface area contributed by atoms with E-state index in [0.717, 1.165) is 44.8 Å². The Balaban J connectivity index is 1.46. The summed E-state index contributed by atoms with van der Waals surface area (Å²) in [5, 5.41) is 0. The Morgan fingerprint density at radius 1 is 1.10 bits per heavy atom. The highest BCUT2D eigenvalue weighted by molar-refractivity contribution is 6.46. The molecule has 0 bridgehead atoms. The van der Waals surface area contributed by atoms with E-state index in [2.05, 4.69) is 20.8 Å². The number of ketones is 3. The Kier molecular flexibility index (Phi) is 5.29. The highest BCUT2D eigenvalue weighted by Crippen LogP contribution is 2.68. The molecule has 0 radical (unpaired) electrons. The van der Waals surface area contributed by atoms with Crippen LogP contribution in [0.3, 0.4) is 0 Å². The standard InChI is InChI=1S/C25H37BO5/c1-4-5-12-26-30-15-21(29)25(31-26)11-9-19-18-7-6-16-13-17(27)8-10-23(16,2)22(18)20(28)14-24(19,25)3/h16,18-19,22H,4-15H2,1-3H3. The Bertz CT molecular complexity index is 797. The van der Waals surface area contributed by atoms with Crippen LogP contribution in [0.4, 0.5) is 0 Å². The average molecular weight is 428 g/mol. The largest absolute Gasteiger partial charge is 0.457 e. The van der Waals surface area contributed by atoms with E-state index in [9.17, 15) is 14.4 Å². The zero-order valence-electron chi connectivity index (χ0n) is 19.4. The normalized spacial score (nSPS) is 47.3. The molecule has 5 aliphatic rings. The van der Waals surface area contributed by atoms with Gasteiger partial charge in [0.25, 0.3) is 0 Å². The second-order valence-electron chi connectivity index (χ2n) is 11.6. The van der Waals surface area contributed by atoms with Gasteiger partial charge in [-0.15, -0.1) is 0 Å². The molecule has 4 aliphatic carbocycles. The van der Waals surface area contributed by atoms with Gasteiger partial charge in [-0.2, -0.15) is 0 Å². The van der Waals surface area contributed by atoms with Gasteiger partial charge >= 0.3 is 7.12 Å². The van der Waals surface area contributed by atoms with Gasteiger partial charge in [-0.1, -0.05) is 33.6 Å². The number of carbonyl (C=O) groups excluding carboxylic acids is 3. The van der Waals surface area contributed by atoms with E-state index in [-0.39, 0.29) is 30.8 Å². The molecular formula is C25H37BO5. The molecule has 170 valence electrons. The SMILES string of the molecule is CCCCB1OCC(=O)C2(CCC3C4CCC5CC(=O)CCC5(C)C4C(=O)CC32C)O1. The van der Waals surface area contributed by atoms with E-state index in [0.29, 0.717) is 55.0 Å². The van der Waals surface area contributed by atoms with Crippen LogP contribution >= 0.6 is 0 Å². The first-order chi connectivity index (χ1) is 14.7. The predicted octanol–water partition coefficient (Wildman–Crippen LogP) is 4.42. The zero-order valence-corrected chi connectivity index (χ0v) is 19.4. The molecule has 5 fully saturated rings. The smallest absolute Gasteiger partial charge is 0.404 e. The topological polar surface area (TPSA) is 69.7 Å². The number of fused-ring (bicyclic) bond motifs is 6. The number of unbranched alkanes of at least 4 members (excludes halogenated alkanes) is 1. The zero-order chi connectivity index (χ0) is 22.0. The van der Waals surface area contributed by atoms with Crippen LogP contribution in [0.15, 0.2) is 0 Å². The van der Waals surface area contributed by atoms with E-state index in [1.54, 1.807) is 0 Å². The summed E-state index contributed by atoms with van der Waals surface area (Å²) < 4.78 is 12.3. The third kappa shape index (κ3) is 2.99. The highest BCUT2D eigenvalue weighted by atomic mass is 16.6. The molecule has 0 aromatic rings. The minimum Gasteiger partial charge on any atom is -0.404 e. The van der Waals surface area contributed by atoms with Crippen molar-refractivity contribution in [3.63, 3.8) is 0 Å². The lowest BCUT2D eigenvalue weighted by Crippen LogP contribution is -2.65. The van der Waals surface area contributed by atoms with Crippen molar-refractivity contribution in [2.75, 3.05) is 6.61 Å². The molecular weight excluding hydrogens is 391 g/mol. The summed E-state index contributed by atoms with van der Waals surface area (Å²) in [6, 6.07) is 0. The van der Waals surface area contributed by atoms with Crippen molar-refractivity contribution in [1.29, 1.82) is 0 Å². The molecule has 0 aromatic carbocycles. The van der Waals surface area contributed by atoms with Crippen LogP contribution < -0.4 is 0 Å². The van der Waals surface area contributed by atoms with Crippen LogP contribution in [0, 0.1) is 34.5 Å². The molecule has 0 N–H and O–H groups in total. The van der Waals surface area contributed by atoms with Gasteiger partial charge in [0.15, 0.2) is 5.78 Å². The maximum Gasteiger partial charge on any atom is 0.457 e. The molecule has 4 saturated carbocycles. The van der Waals surface area contributed by atoms with Gasteiger partial charge in [0.05, 0.1) is 6.61 Å². The second-order valence-corrected chi connectivity index (χ2v) is 11.6. The van der Waals surface area contributed by atoms with Crippen molar-refractivity contribution in [2.24, 2.45) is 34.5 Å². The molecule has 5 nitrogen and oxygen atoms in total. The fourth-order valence-electron chi connectivity index (χ4n) is 8.62. The number of carbonyl (C=O) groups is 3. The van der Waals surface area contributed by atoms with Gasteiger partial charge in [0, 0.05) is 30.6 Å². The number of hydrogen-bond donors (Lipinski definition) is 0.